The summed E-state index contributed by atoms with van der Waals surface area (Å²) in [4.78, 5) is 37.5. The van der Waals surface area contributed by atoms with Crippen LogP contribution < -0.4 is 0 Å². The Kier molecular flexibility index (Phi) is 32.8. The summed E-state index contributed by atoms with van der Waals surface area (Å²) in [6.07, 6.45) is 28.3. The molecule has 48 heavy (non-hydrogen) atoms. The molecule has 6 heteroatoms. The van der Waals surface area contributed by atoms with Gasteiger partial charge in [-0.2, -0.15) is 0 Å². The van der Waals surface area contributed by atoms with E-state index >= 15 is 0 Å². The molecule has 0 bridgehead atoms. The molecule has 0 unspecified atom stereocenters. The normalized spacial score (nSPS) is 12.2. The number of carbonyl (C=O) groups is 3. The maximum atomic E-state index is 12.6. The van der Waals surface area contributed by atoms with Gasteiger partial charge < -0.3 is 14.2 Å². The molecular formula is C42H80O6. The van der Waals surface area contributed by atoms with Crippen molar-refractivity contribution in [3.63, 3.8) is 0 Å². The molecule has 0 rings (SSSR count). The molecule has 0 saturated heterocycles. The second-order valence-electron chi connectivity index (χ2n) is 15.7. The van der Waals surface area contributed by atoms with E-state index in [9.17, 15) is 14.4 Å². The van der Waals surface area contributed by atoms with Crippen molar-refractivity contribution in [2.24, 2.45) is 17.8 Å². The van der Waals surface area contributed by atoms with Gasteiger partial charge in [-0.05, 0) is 37.0 Å². The molecule has 0 saturated carbocycles. The molecule has 0 radical (unpaired) electrons. The Balaban J connectivity index is 4.36. The van der Waals surface area contributed by atoms with Crippen LogP contribution >= 0.6 is 0 Å². The molecule has 1 atom stereocenters. The van der Waals surface area contributed by atoms with Crippen molar-refractivity contribution in [2.45, 2.75) is 221 Å². The van der Waals surface area contributed by atoms with Gasteiger partial charge in [0.2, 0.25) is 0 Å². The lowest BCUT2D eigenvalue weighted by Gasteiger charge is -2.18. The molecule has 0 aliphatic heterocycles. The molecule has 0 aromatic heterocycles. The zero-order chi connectivity index (χ0) is 35.7. The van der Waals surface area contributed by atoms with Crippen molar-refractivity contribution in [3.8, 4) is 0 Å². The number of hydrogen-bond acceptors (Lipinski definition) is 6. The average molecular weight is 681 g/mol. The van der Waals surface area contributed by atoms with Gasteiger partial charge in [-0.15, -0.1) is 0 Å². The average Bonchev–Trinajstić information content (AvgIpc) is 3.03. The van der Waals surface area contributed by atoms with E-state index in [2.05, 4.69) is 41.5 Å². The number of hydrogen-bond donors (Lipinski definition) is 0. The Hall–Kier alpha value is -1.59. The van der Waals surface area contributed by atoms with Crippen molar-refractivity contribution in [3.05, 3.63) is 0 Å². The molecule has 0 heterocycles. The van der Waals surface area contributed by atoms with Gasteiger partial charge in [-0.3, -0.25) is 14.4 Å². The van der Waals surface area contributed by atoms with Gasteiger partial charge >= 0.3 is 17.9 Å². The van der Waals surface area contributed by atoms with E-state index in [0.29, 0.717) is 19.3 Å². The third kappa shape index (κ3) is 35.7. The summed E-state index contributed by atoms with van der Waals surface area (Å²) >= 11 is 0. The molecule has 284 valence electrons. The van der Waals surface area contributed by atoms with Crippen molar-refractivity contribution >= 4 is 17.9 Å². The van der Waals surface area contributed by atoms with E-state index in [1.807, 2.05) is 0 Å². The quantitative estimate of drug-likeness (QED) is 0.0376. The minimum absolute atomic E-state index is 0.0685. The molecule has 0 amide bonds. The van der Waals surface area contributed by atoms with E-state index in [1.165, 1.54) is 96.3 Å². The highest BCUT2D eigenvalue weighted by atomic mass is 16.6. The van der Waals surface area contributed by atoms with Crippen molar-refractivity contribution in [1.29, 1.82) is 0 Å². The van der Waals surface area contributed by atoms with Crippen LogP contribution in [0.25, 0.3) is 0 Å². The van der Waals surface area contributed by atoms with E-state index in [-0.39, 0.29) is 31.1 Å². The number of esters is 3. The first kappa shape index (κ1) is 46.4. The fourth-order valence-electron chi connectivity index (χ4n) is 5.99. The molecule has 0 fully saturated rings. The predicted octanol–water partition coefficient (Wildman–Crippen LogP) is 12.5. The van der Waals surface area contributed by atoms with Gasteiger partial charge in [0.25, 0.3) is 0 Å². The third-order valence-corrected chi connectivity index (χ3v) is 9.15. The van der Waals surface area contributed by atoms with Gasteiger partial charge in [-0.25, -0.2) is 0 Å². The minimum Gasteiger partial charge on any atom is -0.462 e. The molecule has 0 spiro atoms. The summed E-state index contributed by atoms with van der Waals surface area (Å²) in [5.41, 5.74) is 0. The van der Waals surface area contributed by atoms with Gasteiger partial charge in [0.1, 0.15) is 13.2 Å². The Morgan fingerprint density at radius 1 is 0.354 bits per heavy atom. The maximum absolute atomic E-state index is 12.6. The largest absolute Gasteiger partial charge is 0.462 e. The van der Waals surface area contributed by atoms with Crippen molar-refractivity contribution in [1.82, 2.24) is 0 Å². The van der Waals surface area contributed by atoms with Crippen molar-refractivity contribution < 1.29 is 28.6 Å². The molecule has 0 aliphatic rings. The van der Waals surface area contributed by atoms with Gasteiger partial charge in [-0.1, -0.05) is 176 Å². The van der Waals surface area contributed by atoms with Gasteiger partial charge in [0, 0.05) is 19.3 Å². The van der Waals surface area contributed by atoms with Gasteiger partial charge in [0.05, 0.1) is 0 Å². The van der Waals surface area contributed by atoms with Crippen LogP contribution in [0.15, 0.2) is 0 Å². The molecule has 0 aromatic rings. The summed E-state index contributed by atoms with van der Waals surface area (Å²) in [6.45, 7) is 13.5. The lowest BCUT2D eigenvalue weighted by atomic mass is 10.0. The minimum atomic E-state index is -0.761. The van der Waals surface area contributed by atoms with Crippen LogP contribution in [0, 0.1) is 17.8 Å². The number of carbonyl (C=O) groups excluding carboxylic acids is 3. The number of ether oxygens (including phenoxy) is 3. The highest BCUT2D eigenvalue weighted by Gasteiger charge is 2.19. The van der Waals surface area contributed by atoms with Crippen LogP contribution in [0.3, 0.4) is 0 Å². The Morgan fingerprint density at radius 3 is 0.896 bits per heavy atom. The monoisotopic (exact) mass is 681 g/mol. The molecule has 0 N–H and O–H groups in total. The summed E-state index contributed by atoms with van der Waals surface area (Å²) < 4.78 is 16.6. The summed E-state index contributed by atoms with van der Waals surface area (Å²) in [6, 6.07) is 0. The maximum Gasteiger partial charge on any atom is 0.306 e. The SMILES string of the molecule is CC(C)CCCCCCCCCCC(=O)OC[C@@H](COC(=O)CCCCCCCCC(C)C)OC(=O)CCCCCCCCCC(C)C. The first-order valence-electron chi connectivity index (χ1n) is 20.6. The summed E-state index contributed by atoms with van der Waals surface area (Å²) in [7, 11) is 0. The Labute approximate surface area is 298 Å². The topological polar surface area (TPSA) is 78.9 Å². The zero-order valence-electron chi connectivity index (χ0n) is 32.8. The summed E-state index contributed by atoms with van der Waals surface area (Å²) in [5, 5.41) is 0. The first-order valence-corrected chi connectivity index (χ1v) is 20.6. The van der Waals surface area contributed by atoms with Crippen LogP contribution in [0.1, 0.15) is 215 Å². The second kappa shape index (κ2) is 33.9. The fraction of sp³-hybridized carbons (Fsp3) is 0.929. The molecular weight excluding hydrogens is 600 g/mol. The van der Waals surface area contributed by atoms with E-state index < -0.39 is 6.10 Å². The van der Waals surface area contributed by atoms with Gasteiger partial charge in [0.15, 0.2) is 6.10 Å². The Bertz CT molecular complexity index is 746. The number of rotatable bonds is 35. The van der Waals surface area contributed by atoms with E-state index in [1.54, 1.807) is 0 Å². The van der Waals surface area contributed by atoms with Crippen LogP contribution in [-0.2, 0) is 28.6 Å². The number of unbranched alkanes of at least 4 members (excludes halogenated alkanes) is 18. The standard InChI is InChI=1S/C42H80O6/c1-36(2)28-22-16-10-7-8-12-19-25-31-40(43)46-34-39(35-47-41(44)32-26-20-15-14-18-24-30-38(5)6)48-42(45)33-27-21-13-9-11-17-23-29-37(3)4/h36-39H,7-35H2,1-6H3/t39-/m0/s1. The molecule has 0 aliphatic carbocycles. The second-order valence-corrected chi connectivity index (χ2v) is 15.7. The van der Waals surface area contributed by atoms with Crippen LogP contribution in [0.4, 0.5) is 0 Å². The molecule has 0 aromatic carbocycles. The van der Waals surface area contributed by atoms with Crippen LogP contribution in [0.5, 0.6) is 0 Å². The van der Waals surface area contributed by atoms with E-state index in [0.717, 1.165) is 75.5 Å². The fourth-order valence-corrected chi connectivity index (χ4v) is 5.99. The highest BCUT2D eigenvalue weighted by molar-refractivity contribution is 5.71. The Morgan fingerprint density at radius 2 is 0.604 bits per heavy atom. The predicted molar refractivity (Wildman–Crippen MR) is 201 cm³/mol. The highest BCUT2D eigenvalue weighted by Crippen LogP contribution is 2.16. The zero-order valence-corrected chi connectivity index (χ0v) is 32.8. The summed E-state index contributed by atoms with van der Waals surface area (Å²) in [5.74, 6) is 1.46. The van der Waals surface area contributed by atoms with Crippen LogP contribution in [0.2, 0.25) is 0 Å². The third-order valence-electron chi connectivity index (χ3n) is 9.15. The van der Waals surface area contributed by atoms with Crippen molar-refractivity contribution in [2.75, 3.05) is 13.2 Å². The van der Waals surface area contributed by atoms with E-state index in [4.69, 9.17) is 14.2 Å². The molecule has 6 nitrogen and oxygen atoms in total. The van der Waals surface area contributed by atoms with Crippen LogP contribution in [-0.4, -0.2) is 37.2 Å². The lowest BCUT2D eigenvalue weighted by molar-refractivity contribution is -0.167. The first-order chi connectivity index (χ1) is 23.1. The smallest absolute Gasteiger partial charge is 0.306 e. The lowest BCUT2D eigenvalue weighted by Crippen LogP contribution is -2.30.